The number of fused-ring (bicyclic) bond motifs is 1. The number of rotatable bonds is 2. The number of anilines is 1. The van der Waals surface area contributed by atoms with Gasteiger partial charge >= 0.3 is 0 Å². The molecule has 0 bridgehead atoms. The molecule has 22 heavy (non-hydrogen) atoms. The fraction of sp³-hybridized carbons (Fsp3) is 0.562. The van der Waals surface area contributed by atoms with E-state index in [0.29, 0.717) is 0 Å². The van der Waals surface area contributed by atoms with E-state index in [9.17, 15) is 13.2 Å². The van der Waals surface area contributed by atoms with Crippen molar-refractivity contribution in [1.29, 1.82) is 0 Å². The second-order valence-corrected chi connectivity index (χ2v) is 8.87. The number of benzene rings is 1. The fourth-order valence-electron chi connectivity index (χ4n) is 3.40. The highest BCUT2D eigenvalue weighted by Crippen LogP contribution is 2.32. The van der Waals surface area contributed by atoms with Gasteiger partial charge in [0.2, 0.25) is 5.91 Å². The van der Waals surface area contributed by atoms with E-state index in [-0.39, 0.29) is 29.5 Å². The lowest BCUT2D eigenvalue weighted by atomic mass is 9.92. The molecular formula is C16H22N2O3S. The van der Waals surface area contributed by atoms with E-state index in [1.165, 1.54) is 5.56 Å². The minimum atomic E-state index is -3.11. The lowest BCUT2D eigenvalue weighted by Crippen LogP contribution is -2.69. The highest BCUT2D eigenvalue weighted by atomic mass is 32.2. The van der Waals surface area contributed by atoms with Gasteiger partial charge in [0.1, 0.15) is 0 Å². The van der Waals surface area contributed by atoms with Crippen LogP contribution >= 0.6 is 0 Å². The number of piperazine rings is 1. The van der Waals surface area contributed by atoms with Crippen LogP contribution in [0.2, 0.25) is 0 Å². The van der Waals surface area contributed by atoms with Gasteiger partial charge < -0.3 is 4.90 Å². The molecule has 0 aliphatic carbocycles. The molecule has 3 rings (SSSR count). The maximum Gasteiger partial charge on any atom is 0.247 e. The zero-order chi connectivity index (χ0) is 16.1. The van der Waals surface area contributed by atoms with Crippen LogP contribution in [0.25, 0.3) is 0 Å². The van der Waals surface area contributed by atoms with Crippen LogP contribution in [0.4, 0.5) is 5.69 Å². The summed E-state index contributed by atoms with van der Waals surface area (Å²) in [5, 5.41) is 3.21. The molecule has 1 amide bonds. The van der Waals surface area contributed by atoms with Gasteiger partial charge in [0.05, 0.1) is 23.1 Å². The summed E-state index contributed by atoms with van der Waals surface area (Å²) >= 11 is 0. The molecule has 1 N–H and O–H groups in total. The highest BCUT2D eigenvalue weighted by Gasteiger charge is 2.52. The van der Waals surface area contributed by atoms with E-state index in [1.54, 1.807) is 4.90 Å². The topological polar surface area (TPSA) is 66.5 Å². The summed E-state index contributed by atoms with van der Waals surface area (Å²) in [5.74, 6) is 0.0510. The van der Waals surface area contributed by atoms with E-state index < -0.39 is 15.4 Å². The molecule has 0 unspecified atom stereocenters. The van der Waals surface area contributed by atoms with Gasteiger partial charge in [-0.15, -0.1) is 0 Å². The second-order valence-electron chi connectivity index (χ2n) is 6.72. The van der Waals surface area contributed by atoms with Crippen molar-refractivity contribution in [2.45, 2.75) is 44.8 Å². The van der Waals surface area contributed by atoms with Gasteiger partial charge in [0.15, 0.2) is 9.84 Å². The molecule has 120 valence electrons. The molecule has 6 heteroatoms. The fourth-order valence-corrected chi connectivity index (χ4v) is 5.29. The Morgan fingerprint density at radius 2 is 1.86 bits per heavy atom. The summed E-state index contributed by atoms with van der Waals surface area (Å²) in [4.78, 5) is 14.5. The molecule has 0 saturated carbocycles. The van der Waals surface area contributed by atoms with Crippen molar-refractivity contribution < 1.29 is 13.2 Å². The number of nitrogens with zero attached hydrogens (tertiary/aromatic N) is 1. The third-order valence-electron chi connectivity index (χ3n) is 4.58. The summed E-state index contributed by atoms with van der Waals surface area (Å²) in [5.41, 5.74) is 1.22. The van der Waals surface area contributed by atoms with Gasteiger partial charge in [-0.05, 0) is 38.0 Å². The molecule has 5 nitrogen and oxygen atoms in total. The Hall–Kier alpha value is -1.40. The maximum absolute atomic E-state index is 12.8. The summed E-state index contributed by atoms with van der Waals surface area (Å²) in [7, 11) is -3.11. The largest absolute Gasteiger partial charge is 0.305 e. The van der Waals surface area contributed by atoms with Gasteiger partial charge in [-0.1, -0.05) is 19.1 Å². The van der Waals surface area contributed by atoms with Gasteiger partial charge in [-0.3, -0.25) is 10.1 Å². The van der Waals surface area contributed by atoms with E-state index >= 15 is 0 Å². The molecule has 2 fully saturated rings. The third-order valence-corrected chi connectivity index (χ3v) is 6.29. The molecule has 1 aromatic rings. The standard InChI is InChI=1S/C16H22N2O3S/c1-4-11-5-7-12(8-6-11)18-14-10-22(20,21)9-13(14)17-16(2,3)15(18)19/h5-8,13-14,17H,4,9-10H2,1-3H3/t13-,14+/m1/s1. The number of hydrogen-bond donors (Lipinski definition) is 1. The van der Waals surface area contributed by atoms with Gasteiger partial charge in [0.25, 0.3) is 0 Å². The van der Waals surface area contributed by atoms with Crippen LogP contribution in [0.3, 0.4) is 0 Å². The molecule has 2 aliphatic heterocycles. The average Bonchev–Trinajstić information content (AvgIpc) is 2.73. The number of carbonyl (C=O) groups is 1. The Morgan fingerprint density at radius 1 is 1.23 bits per heavy atom. The van der Waals surface area contributed by atoms with Gasteiger partial charge in [0, 0.05) is 11.7 Å². The Kier molecular flexibility index (Phi) is 3.57. The second kappa shape index (κ2) is 5.06. The van der Waals surface area contributed by atoms with Crippen LogP contribution in [0.5, 0.6) is 0 Å². The van der Waals surface area contributed by atoms with Gasteiger partial charge in [-0.25, -0.2) is 8.42 Å². The lowest BCUT2D eigenvalue weighted by molar-refractivity contribution is -0.126. The summed E-state index contributed by atoms with van der Waals surface area (Å²) in [6, 6.07) is 7.30. The zero-order valence-electron chi connectivity index (χ0n) is 13.2. The Bertz CT molecular complexity index is 695. The highest BCUT2D eigenvalue weighted by molar-refractivity contribution is 7.91. The van der Waals surface area contributed by atoms with Crippen molar-refractivity contribution in [3.63, 3.8) is 0 Å². The molecule has 0 radical (unpaired) electrons. The van der Waals surface area contributed by atoms with Crippen LogP contribution in [0, 0.1) is 0 Å². The molecule has 1 aromatic carbocycles. The van der Waals surface area contributed by atoms with Crippen molar-refractivity contribution in [3.8, 4) is 0 Å². The first-order chi connectivity index (χ1) is 10.2. The number of nitrogens with one attached hydrogen (secondary N) is 1. The molecule has 0 aromatic heterocycles. The van der Waals surface area contributed by atoms with Crippen LogP contribution in [-0.2, 0) is 21.1 Å². The molecular weight excluding hydrogens is 300 g/mol. The lowest BCUT2D eigenvalue weighted by Gasteiger charge is -2.45. The van der Waals surface area contributed by atoms with Crippen LogP contribution in [-0.4, -0.2) is 43.5 Å². The van der Waals surface area contributed by atoms with Crippen molar-refractivity contribution in [1.82, 2.24) is 5.32 Å². The van der Waals surface area contributed by atoms with Crippen LogP contribution in [0.1, 0.15) is 26.3 Å². The van der Waals surface area contributed by atoms with Crippen molar-refractivity contribution in [2.75, 3.05) is 16.4 Å². The predicted molar refractivity (Wildman–Crippen MR) is 86.8 cm³/mol. The predicted octanol–water partition coefficient (Wildman–Crippen LogP) is 1.13. The summed E-state index contributed by atoms with van der Waals surface area (Å²) < 4.78 is 24.0. The van der Waals surface area contributed by atoms with E-state index in [1.807, 2.05) is 38.1 Å². The average molecular weight is 322 g/mol. The van der Waals surface area contributed by atoms with Crippen molar-refractivity contribution in [3.05, 3.63) is 29.8 Å². The molecule has 2 atom stereocenters. The molecule has 2 saturated heterocycles. The Labute approximate surface area is 131 Å². The molecule has 2 heterocycles. The monoisotopic (exact) mass is 322 g/mol. The minimum absolute atomic E-state index is 0.0298. The number of amides is 1. The van der Waals surface area contributed by atoms with Crippen molar-refractivity contribution >= 4 is 21.4 Å². The Balaban J connectivity index is 2.03. The van der Waals surface area contributed by atoms with E-state index in [2.05, 4.69) is 12.2 Å². The number of aryl methyl sites for hydroxylation is 1. The SMILES string of the molecule is CCc1ccc(N2C(=O)C(C)(C)N[C@@H]3CS(=O)(=O)C[C@@H]32)cc1. The summed E-state index contributed by atoms with van der Waals surface area (Å²) in [6.07, 6.45) is 0.932. The van der Waals surface area contributed by atoms with E-state index in [0.717, 1.165) is 12.1 Å². The number of hydrogen-bond acceptors (Lipinski definition) is 4. The maximum atomic E-state index is 12.8. The van der Waals surface area contributed by atoms with Crippen molar-refractivity contribution in [2.24, 2.45) is 0 Å². The van der Waals surface area contributed by atoms with Crippen LogP contribution < -0.4 is 10.2 Å². The third kappa shape index (κ3) is 2.54. The zero-order valence-corrected chi connectivity index (χ0v) is 14.0. The summed E-state index contributed by atoms with van der Waals surface area (Å²) in [6.45, 7) is 5.70. The molecule has 2 aliphatic rings. The smallest absolute Gasteiger partial charge is 0.247 e. The first-order valence-electron chi connectivity index (χ1n) is 7.64. The molecule has 0 spiro atoms. The quantitative estimate of drug-likeness (QED) is 0.886. The normalized spacial score (nSPS) is 29.4. The number of carbonyl (C=O) groups excluding carboxylic acids is 1. The minimum Gasteiger partial charge on any atom is -0.305 e. The van der Waals surface area contributed by atoms with Crippen LogP contribution in [0.15, 0.2) is 24.3 Å². The first kappa shape index (κ1) is 15.5. The van der Waals surface area contributed by atoms with E-state index in [4.69, 9.17) is 0 Å². The van der Waals surface area contributed by atoms with Gasteiger partial charge in [-0.2, -0.15) is 0 Å². The first-order valence-corrected chi connectivity index (χ1v) is 9.46. The Morgan fingerprint density at radius 3 is 2.45 bits per heavy atom. The number of sulfone groups is 1.